The zero-order chi connectivity index (χ0) is 29.1. The summed E-state index contributed by atoms with van der Waals surface area (Å²) >= 11 is 6.27. The number of anilines is 1. The minimum atomic E-state index is -0.314. The zero-order valence-corrected chi connectivity index (χ0v) is 25.4. The Kier molecular flexibility index (Phi) is 8.64. The number of halogens is 1. The zero-order valence-electron chi connectivity index (χ0n) is 24.6. The maximum atomic E-state index is 9.35. The monoisotopic (exact) mass is 585 g/mol. The predicted molar refractivity (Wildman–Crippen MR) is 166 cm³/mol. The second-order valence-electron chi connectivity index (χ2n) is 12.4. The van der Waals surface area contributed by atoms with Crippen molar-refractivity contribution in [3.8, 4) is 11.8 Å². The number of rotatable bonds is 9. The van der Waals surface area contributed by atoms with Crippen molar-refractivity contribution in [2.45, 2.75) is 38.3 Å². The Hall–Kier alpha value is -3.22. The molecule has 3 aliphatic rings. The number of hydrogen-bond acceptors (Lipinski definition) is 8. The van der Waals surface area contributed by atoms with Crippen molar-refractivity contribution < 1.29 is 4.74 Å². The number of likely N-dealkylation sites (tertiary alicyclic amines) is 1. The number of benzene rings is 2. The molecule has 3 fully saturated rings. The van der Waals surface area contributed by atoms with Crippen molar-refractivity contribution >= 4 is 17.5 Å². The number of nitriles is 1. The highest BCUT2D eigenvalue weighted by molar-refractivity contribution is 6.30. The Morgan fingerprint density at radius 1 is 1.05 bits per heavy atom. The maximum absolute atomic E-state index is 9.35. The number of nitrogens with one attached hydrogen (secondary N) is 1. The van der Waals surface area contributed by atoms with Gasteiger partial charge in [0.25, 0.3) is 0 Å². The van der Waals surface area contributed by atoms with Crippen molar-refractivity contribution in [2.75, 3.05) is 63.8 Å². The van der Waals surface area contributed by atoms with E-state index >= 15 is 0 Å². The lowest BCUT2D eigenvalue weighted by Gasteiger charge is -2.48. The van der Waals surface area contributed by atoms with E-state index in [1.165, 1.54) is 39.1 Å². The molecule has 0 amide bonds. The third kappa shape index (κ3) is 6.55. The normalized spacial score (nSPS) is 20.3. The van der Waals surface area contributed by atoms with Crippen LogP contribution in [-0.2, 0) is 12.0 Å². The molecule has 3 saturated heterocycles. The van der Waals surface area contributed by atoms with Crippen molar-refractivity contribution in [3.05, 3.63) is 82.1 Å². The van der Waals surface area contributed by atoms with Crippen LogP contribution >= 0.6 is 11.6 Å². The highest BCUT2D eigenvalue weighted by atomic mass is 35.5. The largest absolute Gasteiger partial charge is 0.487 e. The second kappa shape index (κ2) is 12.6. The van der Waals surface area contributed by atoms with Crippen LogP contribution in [0.3, 0.4) is 0 Å². The molecule has 1 atom stereocenters. The number of hydrogen-bond donors (Lipinski definition) is 1. The van der Waals surface area contributed by atoms with Crippen LogP contribution in [0, 0.1) is 17.2 Å². The van der Waals surface area contributed by atoms with Gasteiger partial charge < -0.3 is 15.0 Å². The van der Waals surface area contributed by atoms with E-state index in [0.717, 1.165) is 60.6 Å². The first-order valence-electron chi connectivity index (χ1n) is 15.1. The molecule has 0 spiro atoms. The molecule has 0 bridgehead atoms. The summed E-state index contributed by atoms with van der Waals surface area (Å²) in [6.07, 6.45) is 3.16. The van der Waals surface area contributed by atoms with Gasteiger partial charge >= 0.3 is 0 Å². The van der Waals surface area contributed by atoms with Crippen LogP contribution < -0.4 is 15.0 Å². The fourth-order valence-corrected chi connectivity index (χ4v) is 6.60. The summed E-state index contributed by atoms with van der Waals surface area (Å²) in [5, 5.41) is 13.4. The Labute approximate surface area is 254 Å². The van der Waals surface area contributed by atoms with Gasteiger partial charge in [-0.05, 0) is 73.0 Å². The smallest absolute Gasteiger partial charge is 0.225 e. The molecule has 42 heavy (non-hydrogen) atoms. The van der Waals surface area contributed by atoms with Gasteiger partial charge in [0.05, 0.1) is 17.3 Å². The highest BCUT2D eigenvalue weighted by Crippen LogP contribution is 2.34. The minimum absolute atomic E-state index is 0.314. The average Bonchev–Trinajstić information content (AvgIpc) is 3.51. The van der Waals surface area contributed by atoms with Crippen molar-refractivity contribution in [1.82, 2.24) is 25.1 Å². The lowest BCUT2D eigenvalue weighted by atomic mass is 9.78. The first kappa shape index (κ1) is 28.9. The Morgan fingerprint density at radius 2 is 1.83 bits per heavy atom. The van der Waals surface area contributed by atoms with Crippen molar-refractivity contribution in [1.29, 1.82) is 5.26 Å². The summed E-state index contributed by atoms with van der Waals surface area (Å²) < 4.78 is 6.10. The summed E-state index contributed by atoms with van der Waals surface area (Å²) in [4.78, 5) is 17.0. The summed E-state index contributed by atoms with van der Waals surface area (Å²) in [7, 11) is 0. The van der Waals surface area contributed by atoms with Gasteiger partial charge in [-0.15, -0.1) is 0 Å². The minimum Gasteiger partial charge on any atom is -0.487 e. The molecule has 1 aromatic heterocycles. The van der Waals surface area contributed by atoms with E-state index in [1.807, 2.05) is 36.5 Å². The van der Waals surface area contributed by atoms with Gasteiger partial charge in [-0.25, -0.2) is 9.97 Å². The molecule has 0 radical (unpaired) electrons. The van der Waals surface area contributed by atoms with E-state index in [0.29, 0.717) is 23.2 Å². The van der Waals surface area contributed by atoms with Gasteiger partial charge in [-0.2, -0.15) is 5.26 Å². The van der Waals surface area contributed by atoms with Gasteiger partial charge in [0.1, 0.15) is 12.4 Å². The number of aromatic nitrogens is 2. The van der Waals surface area contributed by atoms with E-state index in [4.69, 9.17) is 21.3 Å². The second-order valence-corrected chi connectivity index (χ2v) is 12.8. The van der Waals surface area contributed by atoms with E-state index in [-0.39, 0.29) is 5.41 Å². The lowest BCUT2D eigenvalue weighted by Crippen LogP contribution is -2.63. The number of piperazine rings is 1. The molecular weight excluding hydrogens is 546 g/mol. The molecule has 0 aliphatic carbocycles. The van der Waals surface area contributed by atoms with E-state index in [1.54, 1.807) is 6.07 Å². The Balaban J connectivity index is 0.992. The fraction of sp³-hybridized carbons (Fsp3) is 0.485. The van der Waals surface area contributed by atoms with E-state index < -0.39 is 0 Å². The Bertz CT molecular complexity index is 1400. The molecule has 3 aliphatic heterocycles. The lowest BCUT2D eigenvalue weighted by molar-refractivity contribution is 0.0225. The number of nitrogens with zero attached hydrogens (tertiary/aromatic N) is 6. The first-order chi connectivity index (χ1) is 20.4. The van der Waals surface area contributed by atoms with Gasteiger partial charge in [-0.1, -0.05) is 37.6 Å². The first-order valence-corrected chi connectivity index (χ1v) is 15.4. The molecule has 3 aromatic rings. The van der Waals surface area contributed by atoms with Crippen LogP contribution in [0.15, 0.2) is 54.7 Å². The van der Waals surface area contributed by atoms with Gasteiger partial charge in [-0.3, -0.25) is 9.80 Å². The number of ether oxygens (including phenoxy) is 1. The molecule has 8 nitrogen and oxygen atoms in total. The molecule has 6 rings (SSSR count). The van der Waals surface area contributed by atoms with Crippen LogP contribution in [0.25, 0.3) is 0 Å². The van der Waals surface area contributed by atoms with Crippen LogP contribution in [0.5, 0.6) is 5.75 Å². The fourth-order valence-electron chi connectivity index (χ4n) is 6.37. The predicted octanol–water partition coefficient (Wildman–Crippen LogP) is 4.32. The van der Waals surface area contributed by atoms with Crippen LogP contribution in [0.2, 0.25) is 5.02 Å². The standard InChI is InChI=1S/C33H40ClN7O/c1-33(2,27-15-25(18-35)16-28(34)17-27)26-3-5-31(6-4-26)42-23-29-8-10-37-32(38-29)41-13-11-40(12-14-41)30-21-39(22-30)20-24-7-9-36-19-24/h3-6,8,10,15-17,24,30,36H,7,9,11-14,19-23H2,1-2H3. The quantitative estimate of drug-likeness (QED) is 0.398. The molecule has 1 N–H and O–H groups in total. The molecular formula is C33H40ClN7O. The van der Waals surface area contributed by atoms with Crippen molar-refractivity contribution in [3.63, 3.8) is 0 Å². The molecule has 0 saturated carbocycles. The van der Waals surface area contributed by atoms with Crippen molar-refractivity contribution in [2.24, 2.45) is 5.92 Å². The Morgan fingerprint density at radius 3 is 2.55 bits per heavy atom. The third-order valence-corrected chi connectivity index (χ3v) is 9.36. The topological polar surface area (TPSA) is 80.6 Å². The SMILES string of the molecule is CC(C)(c1ccc(OCc2ccnc(N3CCN(C4CN(CC5CCNC5)C4)CC3)n2)cc1)c1cc(Cl)cc(C#N)c1. The van der Waals surface area contributed by atoms with Crippen LogP contribution in [-0.4, -0.2) is 84.7 Å². The summed E-state index contributed by atoms with van der Waals surface area (Å²) in [5.74, 6) is 2.41. The molecule has 2 aromatic carbocycles. The summed E-state index contributed by atoms with van der Waals surface area (Å²) in [5.41, 5.74) is 3.23. The van der Waals surface area contributed by atoms with E-state index in [2.05, 4.69) is 57.0 Å². The van der Waals surface area contributed by atoms with Crippen LogP contribution in [0.1, 0.15) is 42.7 Å². The highest BCUT2D eigenvalue weighted by Gasteiger charge is 2.35. The summed E-state index contributed by atoms with van der Waals surface area (Å²) in [6, 6.07) is 18.4. The molecule has 4 heterocycles. The molecule has 9 heteroatoms. The van der Waals surface area contributed by atoms with Crippen LogP contribution in [0.4, 0.5) is 5.95 Å². The van der Waals surface area contributed by atoms with Gasteiger partial charge in [0, 0.05) is 68.5 Å². The maximum Gasteiger partial charge on any atom is 0.225 e. The van der Waals surface area contributed by atoms with Gasteiger partial charge in [0.2, 0.25) is 5.95 Å². The summed E-state index contributed by atoms with van der Waals surface area (Å²) in [6.45, 7) is 14.7. The van der Waals surface area contributed by atoms with E-state index in [9.17, 15) is 5.26 Å². The average molecular weight is 586 g/mol. The third-order valence-electron chi connectivity index (χ3n) is 9.14. The molecule has 1 unspecified atom stereocenters. The van der Waals surface area contributed by atoms with Gasteiger partial charge in [0.15, 0.2) is 0 Å². The molecule has 220 valence electrons.